The van der Waals surface area contributed by atoms with Gasteiger partial charge in [-0.05, 0) is 23.4 Å². The Labute approximate surface area is 160 Å². The SMILES string of the molecule is CC(=O)N1CCC(c2c(C(=O)NCc3noc(C)n3)sc3ccccc23)C1. The van der Waals surface area contributed by atoms with Gasteiger partial charge < -0.3 is 14.7 Å². The van der Waals surface area contributed by atoms with Crippen LogP contribution in [0.15, 0.2) is 28.8 Å². The van der Waals surface area contributed by atoms with E-state index in [0.717, 1.165) is 28.6 Å². The molecular formula is C19H20N4O3S. The smallest absolute Gasteiger partial charge is 0.262 e. The molecule has 0 aliphatic carbocycles. The lowest BCUT2D eigenvalue weighted by atomic mass is 9.95. The second kappa shape index (κ2) is 7.11. The molecule has 0 saturated carbocycles. The van der Waals surface area contributed by atoms with Gasteiger partial charge in [-0.15, -0.1) is 11.3 Å². The maximum atomic E-state index is 12.9. The molecule has 140 valence electrons. The molecule has 7 nitrogen and oxygen atoms in total. The Morgan fingerprint density at radius 2 is 2.19 bits per heavy atom. The summed E-state index contributed by atoms with van der Waals surface area (Å²) in [6.07, 6.45) is 0.866. The topological polar surface area (TPSA) is 88.3 Å². The van der Waals surface area contributed by atoms with Gasteiger partial charge in [0, 0.05) is 37.6 Å². The van der Waals surface area contributed by atoms with Crippen LogP contribution >= 0.6 is 11.3 Å². The second-order valence-corrected chi connectivity index (χ2v) is 7.76. The largest absolute Gasteiger partial charge is 0.344 e. The molecule has 1 N–H and O–H groups in total. The molecule has 27 heavy (non-hydrogen) atoms. The molecule has 1 saturated heterocycles. The number of benzene rings is 1. The fourth-order valence-electron chi connectivity index (χ4n) is 3.57. The van der Waals surface area contributed by atoms with Crippen molar-refractivity contribution in [2.75, 3.05) is 13.1 Å². The summed E-state index contributed by atoms with van der Waals surface area (Å²) < 4.78 is 6.02. The third-order valence-corrected chi connectivity index (χ3v) is 6.04. The number of carbonyl (C=O) groups excluding carboxylic acids is 2. The highest BCUT2D eigenvalue weighted by Crippen LogP contribution is 2.40. The monoisotopic (exact) mass is 384 g/mol. The fourth-order valence-corrected chi connectivity index (χ4v) is 4.78. The molecule has 2 aromatic heterocycles. The highest BCUT2D eigenvalue weighted by atomic mass is 32.1. The van der Waals surface area contributed by atoms with Crippen LogP contribution in [0.3, 0.4) is 0 Å². The molecule has 0 radical (unpaired) electrons. The number of fused-ring (bicyclic) bond motifs is 1. The second-order valence-electron chi connectivity index (χ2n) is 6.70. The number of aromatic nitrogens is 2. The van der Waals surface area contributed by atoms with E-state index in [1.807, 2.05) is 23.1 Å². The van der Waals surface area contributed by atoms with Crippen molar-refractivity contribution >= 4 is 33.2 Å². The van der Waals surface area contributed by atoms with E-state index < -0.39 is 0 Å². The molecule has 4 rings (SSSR count). The molecule has 0 spiro atoms. The van der Waals surface area contributed by atoms with Gasteiger partial charge in [-0.3, -0.25) is 9.59 Å². The molecule has 1 unspecified atom stereocenters. The lowest BCUT2D eigenvalue weighted by Gasteiger charge is -2.15. The highest BCUT2D eigenvalue weighted by molar-refractivity contribution is 7.21. The Kier molecular flexibility index (Phi) is 4.65. The van der Waals surface area contributed by atoms with Crippen molar-refractivity contribution < 1.29 is 14.1 Å². The van der Waals surface area contributed by atoms with E-state index in [0.29, 0.717) is 23.1 Å². The summed E-state index contributed by atoms with van der Waals surface area (Å²) in [6, 6.07) is 8.04. The molecule has 1 aliphatic rings. The first kappa shape index (κ1) is 17.7. The minimum Gasteiger partial charge on any atom is -0.344 e. The number of likely N-dealkylation sites (tertiary alicyclic amines) is 1. The number of hydrogen-bond acceptors (Lipinski definition) is 6. The van der Waals surface area contributed by atoms with Gasteiger partial charge in [0.05, 0.1) is 11.4 Å². The molecule has 1 aromatic carbocycles. The van der Waals surface area contributed by atoms with Crippen molar-refractivity contribution in [1.82, 2.24) is 20.4 Å². The molecule has 8 heteroatoms. The molecule has 0 bridgehead atoms. The third-order valence-electron chi connectivity index (χ3n) is 4.86. The van der Waals surface area contributed by atoms with Crippen molar-refractivity contribution in [1.29, 1.82) is 0 Å². The van der Waals surface area contributed by atoms with Crippen LogP contribution in [0.4, 0.5) is 0 Å². The number of amides is 2. The first-order valence-electron chi connectivity index (χ1n) is 8.87. The van der Waals surface area contributed by atoms with E-state index in [2.05, 4.69) is 21.5 Å². The van der Waals surface area contributed by atoms with Crippen molar-refractivity contribution in [3.05, 3.63) is 46.4 Å². The van der Waals surface area contributed by atoms with Gasteiger partial charge in [-0.1, -0.05) is 23.4 Å². The van der Waals surface area contributed by atoms with Gasteiger partial charge in [0.15, 0.2) is 5.82 Å². The summed E-state index contributed by atoms with van der Waals surface area (Å²) in [5.74, 6) is 1.02. The van der Waals surface area contributed by atoms with Crippen LogP contribution in [0.25, 0.3) is 10.1 Å². The maximum absolute atomic E-state index is 12.9. The molecule has 1 fully saturated rings. The first-order valence-corrected chi connectivity index (χ1v) is 9.69. The van der Waals surface area contributed by atoms with E-state index in [1.54, 1.807) is 13.8 Å². The molecule has 3 aromatic rings. The number of nitrogens with zero attached hydrogens (tertiary/aromatic N) is 3. The van der Waals surface area contributed by atoms with Gasteiger partial charge in [0.1, 0.15) is 0 Å². The number of aryl methyl sites for hydroxylation is 1. The maximum Gasteiger partial charge on any atom is 0.262 e. The predicted octanol–water partition coefficient (Wildman–Crippen LogP) is 2.86. The standard InChI is InChI=1S/C19H20N4O3S/c1-11-21-16(22-26-11)9-20-19(25)18-17(13-7-8-23(10-13)12(2)24)14-5-3-4-6-15(14)27-18/h3-6,13H,7-10H2,1-2H3,(H,20,25). The predicted molar refractivity (Wildman–Crippen MR) is 102 cm³/mol. The Morgan fingerprint density at radius 3 is 2.89 bits per heavy atom. The zero-order valence-electron chi connectivity index (χ0n) is 15.2. The van der Waals surface area contributed by atoms with E-state index in [9.17, 15) is 9.59 Å². The van der Waals surface area contributed by atoms with Crippen LogP contribution in [0.5, 0.6) is 0 Å². The summed E-state index contributed by atoms with van der Waals surface area (Å²) in [5, 5.41) is 7.80. The number of hydrogen-bond donors (Lipinski definition) is 1. The molecular weight excluding hydrogens is 364 g/mol. The van der Waals surface area contributed by atoms with Crippen molar-refractivity contribution in [3.63, 3.8) is 0 Å². The van der Waals surface area contributed by atoms with Gasteiger partial charge in [0.25, 0.3) is 5.91 Å². The molecule has 1 aliphatic heterocycles. The van der Waals surface area contributed by atoms with E-state index in [-0.39, 0.29) is 24.3 Å². The van der Waals surface area contributed by atoms with Crippen molar-refractivity contribution in [2.45, 2.75) is 32.7 Å². The Morgan fingerprint density at radius 1 is 1.37 bits per heavy atom. The van der Waals surface area contributed by atoms with Crippen molar-refractivity contribution in [2.24, 2.45) is 0 Å². The van der Waals surface area contributed by atoms with Gasteiger partial charge in [0.2, 0.25) is 11.8 Å². The number of carbonyl (C=O) groups is 2. The van der Waals surface area contributed by atoms with Crippen LogP contribution in [-0.2, 0) is 11.3 Å². The zero-order valence-corrected chi connectivity index (χ0v) is 16.0. The van der Waals surface area contributed by atoms with Crippen LogP contribution in [-0.4, -0.2) is 39.9 Å². The number of nitrogens with one attached hydrogen (secondary N) is 1. The lowest BCUT2D eigenvalue weighted by molar-refractivity contribution is -0.127. The van der Waals surface area contributed by atoms with Gasteiger partial charge >= 0.3 is 0 Å². The van der Waals surface area contributed by atoms with E-state index in [4.69, 9.17) is 4.52 Å². The van der Waals surface area contributed by atoms with Crippen LogP contribution in [0.1, 0.15) is 46.2 Å². The summed E-state index contributed by atoms with van der Waals surface area (Å²) in [4.78, 5) is 31.3. The van der Waals surface area contributed by atoms with E-state index >= 15 is 0 Å². The Bertz CT molecular complexity index is 1010. The average molecular weight is 384 g/mol. The van der Waals surface area contributed by atoms with Gasteiger partial charge in [-0.25, -0.2) is 0 Å². The molecule has 1 atom stereocenters. The minimum absolute atomic E-state index is 0.0792. The Hall–Kier alpha value is -2.74. The molecule has 2 amide bonds. The van der Waals surface area contributed by atoms with Crippen molar-refractivity contribution in [3.8, 4) is 0 Å². The van der Waals surface area contributed by atoms with Gasteiger partial charge in [-0.2, -0.15) is 4.98 Å². The average Bonchev–Trinajstić information content (AvgIpc) is 3.36. The molecule has 3 heterocycles. The summed E-state index contributed by atoms with van der Waals surface area (Å²) >= 11 is 1.49. The summed E-state index contributed by atoms with van der Waals surface area (Å²) in [6.45, 7) is 4.90. The van der Waals surface area contributed by atoms with Crippen LogP contribution < -0.4 is 5.32 Å². The Balaban J connectivity index is 1.63. The number of thiophene rings is 1. The highest BCUT2D eigenvalue weighted by Gasteiger charge is 2.31. The lowest BCUT2D eigenvalue weighted by Crippen LogP contribution is -2.26. The quantitative estimate of drug-likeness (QED) is 0.747. The third kappa shape index (κ3) is 3.44. The van der Waals surface area contributed by atoms with E-state index in [1.165, 1.54) is 11.3 Å². The summed E-state index contributed by atoms with van der Waals surface area (Å²) in [5.41, 5.74) is 1.04. The number of rotatable bonds is 4. The zero-order chi connectivity index (χ0) is 19.0. The van der Waals surface area contributed by atoms with Crippen LogP contribution in [0, 0.1) is 6.92 Å². The minimum atomic E-state index is -0.144. The van der Waals surface area contributed by atoms with Crippen LogP contribution in [0.2, 0.25) is 0 Å². The summed E-state index contributed by atoms with van der Waals surface area (Å²) in [7, 11) is 0. The fraction of sp³-hybridized carbons (Fsp3) is 0.368. The first-order chi connectivity index (χ1) is 13.0. The normalized spacial score (nSPS) is 16.8.